The van der Waals surface area contributed by atoms with E-state index in [2.05, 4.69) is 4.74 Å². The van der Waals surface area contributed by atoms with Crippen LogP contribution in [0.25, 0.3) is 0 Å². The number of halogens is 3. The van der Waals surface area contributed by atoms with Gasteiger partial charge in [0.15, 0.2) is 0 Å². The number of rotatable bonds is 5. The van der Waals surface area contributed by atoms with Gasteiger partial charge in [-0.1, -0.05) is 12.1 Å². The zero-order valence-corrected chi connectivity index (χ0v) is 11.5. The molecule has 5 nitrogen and oxygen atoms in total. The molecule has 2 rings (SSSR count). The summed E-state index contributed by atoms with van der Waals surface area (Å²) < 4.78 is 42.1. The van der Waals surface area contributed by atoms with E-state index < -0.39 is 30.7 Å². The molecule has 0 spiro atoms. The fraction of sp³-hybridized carbons (Fsp3) is 0.429. The van der Waals surface area contributed by atoms with Crippen molar-refractivity contribution in [3.05, 3.63) is 29.8 Å². The SMILES string of the molecule is O=C(Cc1ccc(OC(F)F)cc1)N1CCC(F)(C(=O)O)C1. The van der Waals surface area contributed by atoms with Crippen molar-refractivity contribution in [3.63, 3.8) is 0 Å². The van der Waals surface area contributed by atoms with E-state index in [-0.39, 0.29) is 25.1 Å². The molecule has 1 aliphatic rings. The molecule has 0 radical (unpaired) electrons. The number of amides is 1. The van der Waals surface area contributed by atoms with Crippen LogP contribution in [0.15, 0.2) is 24.3 Å². The smallest absolute Gasteiger partial charge is 0.387 e. The number of carbonyl (C=O) groups is 2. The van der Waals surface area contributed by atoms with E-state index in [1.54, 1.807) is 0 Å². The Balaban J connectivity index is 1.94. The van der Waals surface area contributed by atoms with E-state index in [9.17, 15) is 22.8 Å². The van der Waals surface area contributed by atoms with Crippen LogP contribution in [0.1, 0.15) is 12.0 Å². The molecule has 1 aliphatic heterocycles. The van der Waals surface area contributed by atoms with Crippen molar-refractivity contribution in [2.45, 2.75) is 25.1 Å². The second-order valence-electron chi connectivity index (χ2n) is 5.03. The summed E-state index contributed by atoms with van der Waals surface area (Å²) in [5.74, 6) is -2.01. The van der Waals surface area contributed by atoms with Gasteiger partial charge in [-0.15, -0.1) is 0 Å². The molecule has 0 aromatic heterocycles. The van der Waals surface area contributed by atoms with E-state index in [4.69, 9.17) is 5.11 Å². The van der Waals surface area contributed by atoms with Crippen molar-refractivity contribution in [2.75, 3.05) is 13.1 Å². The lowest BCUT2D eigenvalue weighted by Gasteiger charge is -2.17. The topological polar surface area (TPSA) is 66.8 Å². The number of benzene rings is 1. The third-order valence-electron chi connectivity index (χ3n) is 3.46. The maximum Gasteiger partial charge on any atom is 0.387 e. The van der Waals surface area contributed by atoms with E-state index in [0.717, 1.165) is 4.90 Å². The number of carbonyl (C=O) groups excluding carboxylic acids is 1. The number of aliphatic carboxylic acids is 1. The monoisotopic (exact) mass is 317 g/mol. The number of ether oxygens (including phenoxy) is 1. The van der Waals surface area contributed by atoms with Gasteiger partial charge < -0.3 is 14.7 Å². The first kappa shape index (κ1) is 16.1. The van der Waals surface area contributed by atoms with Crippen molar-refractivity contribution in [2.24, 2.45) is 0 Å². The molecule has 22 heavy (non-hydrogen) atoms. The van der Waals surface area contributed by atoms with E-state index >= 15 is 0 Å². The zero-order chi connectivity index (χ0) is 16.3. The second-order valence-corrected chi connectivity index (χ2v) is 5.03. The number of carboxylic acid groups (broad SMARTS) is 1. The predicted octanol–water partition coefficient (Wildman–Crippen LogP) is 1.86. The van der Waals surface area contributed by atoms with Gasteiger partial charge in [0.05, 0.1) is 13.0 Å². The Morgan fingerprint density at radius 1 is 1.32 bits per heavy atom. The molecule has 1 heterocycles. The van der Waals surface area contributed by atoms with Gasteiger partial charge in [-0.05, 0) is 17.7 Å². The van der Waals surface area contributed by atoms with Crippen LogP contribution >= 0.6 is 0 Å². The highest BCUT2D eigenvalue weighted by Gasteiger charge is 2.46. The minimum Gasteiger partial charge on any atom is -0.479 e. The lowest BCUT2D eigenvalue weighted by Crippen LogP contribution is -2.39. The molecule has 0 bridgehead atoms. The first-order chi connectivity index (χ1) is 10.3. The quantitative estimate of drug-likeness (QED) is 0.900. The van der Waals surface area contributed by atoms with Crippen LogP contribution in [0.5, 0.6) is 5.75 Å². The number of hydrogen-bond acceptors (Lipinski definition) is 3. The first-order valence-electron chi connectivity index (χ1n) is 6.54. The second kappa shape index (κ2) is 6.25. The Hall–Kier alpha value is -2.25. The van der Waals surface area contributed by atoms with Crippen LogP contribution in [0.3, 0.4) is 0 Å². The molecule has 8 heteroatoms. The summed E-state index contributed by atoms with van der Waals surface area (Å²) in [6.07, 6.45) is -0.306. The molecule has 1 fully saturated rings. The van der Waals surface area contributed by atoms with Crippen molar-refractivity contribution >= 4 is 11.9 Å². The van der Waals surface area contributed by atoms with Crippen molar-refractivity contribution in [1.29, 1.82) is 0 Å². The van der Waals surface area contributed by atoms with Crippen LogP contribution in [0.2, 0.25) is 0 Å². The third-order valence-corrected chi connectivity index (χ3v) is 3.46. The van der Waals surface area contributed by atoms with Crippen LogP contribution in [0, 0.1) is 0 Å². The van der Waals surface area contributed by atoms with Crippen LogP contribution in [-0.4, -0.2) is 47.3 Å². The average molecular weight is 317 g/mol. The predicted molar refractivity (Wildman–Crippen MR) is 69.4 cm³/mol. The molecular weight excluding hydrogens is 303 g/mol. The minimum absolute atomic E-state index is 0.0268. The summed E-state index contributed by atoms with van der Waals surface area (Å²) in [5.41, 5.74) is -1.86. The van der Waals surface area contributed by atoms with Gasteiger partial charge >= 0.3 is 12.6 Å². The Kier molecular flexibility index (Phi) is 4.58. The summed E-state index contributed by atoms with van der Waals surface area (Å²) in [6, 6.07) is 5.50. The van der Waals surface area contributed by atoms with Gasteiger partial charge in [0.25, 0.3) is 0 Å². The normalized spacial score (nSPS) is 21.2. The third kappa shape index (κ3) is 3.69. The number of hydrogen-bond donors (Lipinski definition) is 1. The first-order valence-corrected chi connectivity index (χ1v) is 6.54. The van der Waals surface area contributed by atoms with Crippen LogP contribution < -0.4 is 4.74 Å². The van der Waals surface area contributed by atoms with E-state index in [0.29, 0.717) is 5.56 Å². The molecule has 1 amide bonds. The summed E-state index contributed by atoms with van der Waals surface area (Å²) in [7, 11) is 0. The average Bonchev–Trinajstić information content (AvgIpc) is 2.85. The maximum atomic E-state index is 13.9. The van der Waals surface area contributed by atoms with Gasteiger partial charge in [-0.2, -0.15) is 8.78 Å². The fourth-order valence-electron chi connectivity index (χ4n) is 2.24. The highest BCUT2D eigenvalue weighted by atomic mass is 19.3. The molecule has 0 aliphatic carbocycles. The minimum atomic E-state index is -2.93. The number of carboxylic acids is 1. The Labute approximate surface area is 124 Å². The fourth-order valence-corrected chi connectivity index (χ4v) is 2.24. The maximum absolute atomic E-state index is 13.9. The Bertz CT molecular complexity index is 564. The van der Waals surface area contributed by atoms with E-state index in [1.807, 2.05) is 0 Å². The highest BCUT2D eigenvalue weighted by molar-refractivity contribution is 5.83. The molecule has 1 aromatic rings. The standard InChI is InChI=1S/C14H14F3NO4/c15-13(16)22-10-3-1-9(2-4-10)7-11(19)18-6-5-14(17,8-18)12(20)21/h1-4,13H,5-8H2,(H,20,21). The Morgan fingerprint density at radius 3 is 2.45 bits per heavy atom. The lowest BCUT2D eigenvalue weighted by atomic mass is 10.1. The van der Waals surface area contributed by atoms with Gasteiger partial charge in [-0.25, -0.2) is 9.18 Å². The summed E-state index contributed by atoms with van der Waals surface area (Å²) in [6.45, 7) is -3.37. The Morgan fingerprint density at radius 2 is 1.95 bits per heavy atom. The van der Waals surface area contributed by atoms with Gasteiger partial charge in [-0.3, -0.25) is 4.79 Å². The van der Waals surface area contributed by atoms with Gasteiger partial charge in [0, 0.05) is 13.0 Å². The van der Waals surface area contributed by atoms with Crippen molar-refractivity contribution in [1.82, 2.24) is 4.90 Å². The summed E-state index contributed by atoms with van der Waals surface area (Å²) >= 11 is 0. The number of likely N-dealkylation sites (tertiary alicyclic amines) is 1. The molecule has 1 aromatic carbocycles. The van der Waals surface area contributed by atoms with Crippen LogP contribution in [0.4, 0.5) is 13.2 Å². The number of nitrogens with zero attached hydrogens (tertiary/aromatic N) is 1. The molecule has 1 atom stereocenters. The van der Waals surface area contributed by atoms with Gasteiger partial charge in [0.1, 0.15) is 5.75 Å². The molecule has 0 saturated carbocycles. The lowest BCUT2D eigenvalue weighted by molar-refractivity contribution is -0.150. The molecule has 1 saturated heterocycles. The largest absolute Gasteiger partial charge is 0.479 e. The number of alkyl halides is 3. The zero-order valence-electron chi connectivity index (χ0n) is 11.5. The van der Waals surface area contributed by atoms with Gasteiger partial charge in [0.2, 0.25) is 11.6 Å². The van der Waals surface area contributed by atoms with E-state index in [1.165, 1.54) is 24.3 Å². The summed E-state index contributed by atoms with van der Waals surface area (Å²) in [4.78, 5) is 23.9. The molecular formula is C14H14F3NO4. The van der Waals surface area contributed by atoms with Crippen molar-refractivity contribution < 1.29 is 32.6 Å². The van der Waals surface area contributed by atoms with Crippen LogP contribution in [-0.2, 0) is 16.0 Å². The molecule has 1 N–H and O–H groups in total. The highest BCUT2D eigenvalue weighted by Crippen LogP contribution is 2.26. The molecule has 120 valence electrons. The molecule has 1 unspecified atom stereocenters. The van der Waals surface area contributed by atoms with Crippen molar-refractivity contribution in [3.8, 4) is 5.75 Å². The summed E-state index contributed by atoms with van der Waals surface area (Å²) in [5, 5.41) is 8.78.